The maximum Gasteiger partial charge on any atom is 0.00965 e. The van der Waals surface area contributed by atoms with E-state index in [0.717, 1.165) is 12.1 Å². The first-order valence-electron chi connectivity index (χ1n) is 7.14. The molecule has 2 nitrogen and oxygen atoms in total. The summed E-state index contributed by atoms with van der Waals surface area (Å²) < 4.78 is 0. The molecule has 0 bridgehead atoms. The van der Waals surface area contributed by atoms with E-state index in [-0.39, 0.29) is 0 Å². The SMILES string of the molecule is CCN(CC(C)(CC)CNC1CC1)C1CC1. The summed E-state index contributed by atoms with van der Waals surface area (Å²) in [6, 6.07) is 1.76. The topological polar surface area (TPSA) is 15.3 Å². The summed E-state index contributed by atoms with van der Waals surface area (Å²) in [6.45, 7) is 10.8. The molecule has 94 valence electrons. The van der Waals surface area contributed by atoms with E-state index in [1.807, 2.05) is 0 Å². The lowest BCUT2D eigenvalue weighted by Crippen LogP contribution is -2.43. The summed E-state index contributed by atoms with van der Waals surface area (Å²) in [7, 11) is 0. The highest BCUT2D eigenvalue weighted by atomic mass is 15.2. The van der Waals surface area contributed by atoms with Crippen molar-refractivity contribution in [3.8, 4) is 0 Å². The van der Waals surface area contributed by atoms with E-state index in [1.54, 1.807) is 0 Å². The number of hydrogen-bond donors (Lipinski definition) is 1. The number of hydrogen-bond acceptors (Lipinski definition) is 2. The van der Waals surface area contributed by atoms with Gasteiger partial charge in [-0.3, -0.25) is 0 Å². The normalized spacial score (nSPS) is 24.8. The Morgan fingerprint density at radius 3 is 2.31 bits per heavy atom. The molecule has 0 spiro atoms. The molecule has 0 heterocycles. The summed E-state index contributed by atoms with van der Waals surface area (Å²) in [5.74, 6) is 0. The van der Waals surface area contributed by atoms with Gasteiger partial charge in [0, 0.05) is 25.2 Å². The Labute approximate surface area is 101 Å². The summed E-state index contributed by atoms with van der Waals surface area (Å²) in [6.07, 6.45) is 6.96. The van der Waals surface area contributed by atoms with Crippen LogP contribution in [0.4, 0.5) is 0 Å². The van der Waals surface area contributed by atoms with Crippen LogP contribution in [0.25, 0.3) is 0 Å². The van der Waals surface area contributed by atoms with Crippen LogP contribution in [0.3, 0.4) is 0 Å². The molecule has 2 saturated carbocycles. The molecule has 0 saturated heterocycles. The Hall–Kier alpha value is -0.0800. The van der Waals surface area contributed by atoms with Gasteiger partial charge in [-0.2, -0.15) is 0 Å². The first kappa shape index (κ1) is 12.4. The Balaban J connectivity index is 1.79. The molecule has 2 heteroatoms. The molecule has 0 aliphatic heterocycles. The van der Waals surface area contributed by atoms with E-state index in [9.17, 15) is 0 Å². The van der Waals surface area contributed by atoms with Gasteiger partial charge in [0.05, 0.1) is 0 Å². The Morgan fingerprint density at radius 2 is 1.88 bits per heavy atom. The van der Waals surface area contributed by atoms with Crippen molar-refractivity contribution in [3.05, 3.63) is 0 Å². The predicted molar refractivity (Wildman–Crippen MR) is 69.7 cm³/mol. The highest BCUT2D eigenvalue weighted by molar-refractivity contribution is 4.90. The molecule has 2 aliphatic rings. The average molecular weight is 224 g/mol. The van der Waals surface area contributed by atoms with Crippen LogP contribution in [0.1, 0.15) is 52.9 Å². The van der Waals surface area contributed by atoms with Crippen LogP contribution in [0.2, 0.25) is 0 Å². The Bertz CT molecular complexity index is 221. The minimum absolute atomic E-state index is 0.473. The van der Waals surface area contributed by atoms with Crippen molar-refractivity contribution in [3.63, 3.8) is 0 Å². The minimum atomic E-state index is 0.473. The quantitative estimate of drug-likeness (QED) is 0.682. The van der Waals surface area contributed by atoms with Gasteiger partial charge in [-0.1, -0.05) is 20.8 Å². The predicted octanol–water partition coefficient (Wildman–Crippen LogP) is 2.64. The molecule has 1 atom stereocenters. The van der Waals surface area contributed by atoms with Crippen molar-refractivity contribution < 1.29 is 0 Å². The van der Waals surface area contributed by atoms with Gasteiger partial charge in [0.15, 0.2) is 0 Å². The molecule has 16 heavy (non-hydrogen) atoms. The number of rotatable bonds is 8. The second-order valence-corrected chi connectivity index (χ2v) is 6.11. The summed E-state index contributed by atoms with van der Waals surface area (Å²) in [4.78, 5) is 2.69. The highest BCUT2D eigenvalue weighted by Gasteiger charge is 2.34. The fraction of sp³-hybridized carbons (Fsp3) is 1.00. The third-order valence-electron chi connectivity index (χ3n) is 4.30. The van der Waals surface area contributed by atoms with Crippen LogP contribution in [-0.4, -0.2) is 36.6 Å². The van der Waals surface area contributed by atoms with Crippen molar-refractivity contribution in [2.24, 2.45) is 5.41 Å². The second kappa shape index (κ2) is 5.05. The Morgan fingerprint density at radius 1 is 1.19 bits per heavy atom. The maximum atomic E-state index is 3.71. The zero-order valence-corrected chi connectivity index (χ0v) is 11.3. The first-order valence-corrected chi connectivity index (χ1v) is 7.14. The molecule has 0 aromatic heterocycles. The van der Waals surface area contributed by atoms with Crippen molar-refractivity contribution in [2.45, 2.75) is 65.0 Å². The summed E-state index contributed by atoms with van der Waals surface area (Å²) in [5, 5.41) is 3.71. The fourth-order valence-electron chi connectivity index (χ4n) is 2.40. The van der Waals surface area contributed by atoms with Gasteiger partial charge < -0.3 is 10.2 Å². The van der Waals surface area contributed by atoms with Gasteiger partial charge in [0.25, 0.3) is 0 Å². The zero-order valence-electron chi connectivity index (χ0n) is 11.3. The van der Waals surface area contributed by atoms with E-state index in [1.165, 1.54) is 51.7 Å². The largest absolute Gasteiger partial charge is 0.313 e. The van der Waals surface area contributed by atoms with E-state index < -0.39 is 0 Å². The van der Waals surface area contributed by atoms with Crippen molar-refractivity contribution in [1.29, 1.82) is 0 Å². The van der Waals surface area contributed by atoms with Crippen molar-refractivity contribution in [1.82, 2.24) is 10.2 Å². The van der Waals surface area contributed by atoms with Crippen LogP contribution in [0.5, 0.6) is 0 Å². The highest BCUT2D eigenvalue weighted by Crippen LogP contribution is 2.32. The molecule has 0 radical (unpaired) electrons. The van der Waals surface area contributed by atoms with Crippen LogP contribution >= 0.6 is 0 Å². The molecule has 0 aromatic rings. The Kier molecular flexibility index (Phi) is 3.91. The maximum absolute atomic E-state index is 3.71. The van der Waals surface area contributed by atoms with Gasteiger partial charge >= 0.3 is 0 Å². The number of nitrogens with zero attached hydrogens (tertiary/aromatic N) is 1. The van der Waals surface area contributed by atoms with E-state index >= 15 is 0 Å². The van der Waals surface area contributed by atoms with E-state index in [0.29, 0.717) is 5.41 Å². The third kappa shape index (κ3) is 3.46. The molecule has 1 unspecified atom stereocenters. The van der Waals surface area contributed by atoms with Crippen LogP contribution in [-0.2, 0) is 0 Å². The van der Waals surface area contributed by atoms with Crippen LogP contribution < -0.4 is 5.32 Å². The van der Waals surface area contributed by atoms with Gasteiger partial charge in [-0.15, -0.1) is 0 Å². The second-order valence-electron chi connectivity index (χ2n) is 6.11. The molecule has 2 rings (SSSR count). The standard InChI is InChI=1S/C14H28N2/c1-4-14(3,10-15-12-6-7-12)11-16(5-2)13-8-9-13/h12-13,15H,4-11H2,1-3H3. The van der Waals surface area contributed by atoms with Crippen molar-refractivity contribution in [2.75, 3.05) is 19.6 Å². The molecule has 0 aromatic carbocycles. The van der Waals surface area contributed by atoms with Gasteiger partial charge in [0.2, 0.25) is 0 Å². The fourth-order valence-corrected chi connectivity index (χ4v) is 2.40. The monoisotopic (exact) mass is 224 g/mol. The van der Waals surface area contributed by atoms with E-state index in [4.69, 9.17) is 0 Å². The number of nitrogens with one attached hydrogen (secondary N) is 1. The van der Waals surface area contributed by atoms with E-state index in [2.05, 4.69) is 31.0 Å². The molecular weight excluding hydrogens is 196 g/mol. The first-order chi connectivity index (χ1) is 7.67. The van der Waals surface area contributed by atoms with Crippen molar-refractivity contribution >= 4 is 0 Å². The lowest BCUT2D eigenvalue weighted by Gasteiger charge is -2.35. The molecule has 2 fully saturated rings. The average Bonchev–Trinajstić information content (AvgIpc) is 3.16. The van der Waals surface area contributed by atoms with Crippen LogP contribution in [0.15, 0.2) is 0 Å². The van der Waals surface area contributed by atoms with Gasteiger partial charge in [0.1, 0.15) is 0 Å². The smallest absolute Gasteiger partial charge is 0.00965 e. The van der Waals surface area contributed by atoms with Gasteiger partial charge in [-0.25, -0.2) is 0 Å². The zero-order chi connectivity index (χ0) is 11.6. The summed E-state index contributed by atoms with van der Waals surface area (Å²) in [5.41, 5.74) is 0.473. The van der Waals surface area contributed by atoms with Gasteiger partial charge in [-0.05, 0) is 44.1 Å². The molecule has 1 N–H and O–H groups in total. The molecule has 2 aliphatic carbocycles. The molecule has 0 amide bonds. The lowest BCUT2D eigenvalue weighted by molar-refractivity contribution is 0.153. The lowest BCUT2D eigenvalue weighted by atomic mass is 9.86. The minimum Gasteiger partial charge on any atom is -0.313 e. The third-order valence-corrected chi connectivity index (χ3v) is 4.30. The summed E-state index contributed by atoms with van der Waals surface area (Å²) >= 11 is 0. The van der Waals surface area contributed by atoms with Crippen LogP contribution in [0, 0.1) is 5.41 Å². The molecular formula is C14H28N2.